The Labute approximate surface area is 250 Å². The van der Waals surface area contributed by atoms with Gasteiger partial charge in [-0.25, -0.2) is 8.42 Å². The van der Waals surface area contributed by atoms with Gasteiger partial charge in [-0.2, -0.15) is 0 Å². The molecule has 4 rings (SSSR count). The minimum absolute atomic E-state index is 0.0990. The first kappa shape index (κ1) is 30.6. The van der Waals surface area contributed by atoms with E-state index in [1.165, 1.54) is 57.6 Å². The largest absolute Gasteiger partial charge is 0.497 e. The first-order chi connectivity index (χ1) is 20.3. The van der Waals surface area contributed by atoms with Crippen LogP contribution in [0.2, 0.25) is 0 Å². The first-order valence-corrected chi connectivity index (χ1v) is 15.2. The predicted octanol–water partition coefficient (Wildman–Crippen LogP) is 5.85. The normalized spacial score (nSPS) is 11.0. The number of hydrogen-bond donors (Lipinski definition) is 1. The molecule has 0 atom stereocenters. The van der Waals surface area contributed by atoms with E-state index in [-0.39, 0.29) is 22.1 Å². The SMILES string of the molecule is COc1ccc(OC)c(N(CC(=O)Nc2ccc(CSc3ccccc3)cc2)S(=O)(=O)c2ccc(OC)c(OC)c2)c1. The molecule has 0 fully saturated rings. The molecule has 0 aliphatic heterocycles. The van der Waals surface area contributed by atoms with E-state index in [0.717, 1.165) is 15.6 Å². The van der Waals surface area contributed by atoms with Crippen LogP contribution < -0.4 is 28.6 Å². The highest BCUT2D eigenvalue weighted by Crippen LogP contribution is 2.37. The van der Waals surface area contributed by atoms with Crippen LogP contribution in [0.1, 0.15) is 5.56 Å². The molecule has 1 N–H and O–H groups in total. The minimum atomic E-state index is -4.30. The van der Waals surface area contributed by atoms with Gasteiger partial charge in [-0.1, -0.05) is 30.3 Å². The number of carbonyl (C=O) groups is 1. The Bertz CT molecular complexity index is 1610. The van der Waals surface area contributed by atoms with Crippen molar-refractivity contribution in [3.05, 3.63) is 96.6 Å². The second kappa shape index (κ2) is 14.0. The minimum Gasteiger partial charge on any atom is -0.497 e. The van der Waals surface area contributed by atoms with E-state index in [2.05, 4.69) is 17.4 Å². The van der Waals surface area contributed by atoms with Crippen LogP contribution in [0.4, 0.5) is 11.4 Å². The van der Waals surface area contributed by atoms with Gasteiger partial charge in [0.1, 0.15) is 18.0 Å². The predicted molar refractivity (Wildman–Crippen MR) is 165 cm³/mol. The van der Waals surface area contributed by atoms with Crippen molar-refractivity contribution < 1.29 is 32.2 Å². The number of carbonyl (C=O) groups excluding carboxylic acids is 1. The average molecular weight is 609 g/mol. The number of rotatable bonds is 13. The van der Waals surface area contributed by atoms with Crippen molar-refractivity contribution in [2.24, 2.45) is 0 Å². The highest BCUT2D eigenvalue weighted by atomic mass is 32.2. The molecule has 0 unspecified atom stereocenters. The van der Waals surface area contributed by atoms with Crippen LogP contribution in [0.5, 0.6) is 23.0 Å². The van der Waals surface area contributed by atoms with Crippen LogP contribution in [0.25, 0.3) is 0 Å². The molecule has 0 aliphatic carbocycles. The third kappa shape index (κ3) is 7.29. The van der Waals surface area contributed by atoms with Gasteiger partial charge in [-0.15, -0.1) is 11.8 Å². The van der Waals surface area contributed by atoms with Gasteiger partial charge in [0, 0.05) is 28.5 Å². The van der Waals surface area contributed by atoms with Gasteiger partial charge in [0.2, 0.25) is 5.91 Å². The van der Waals surface area contributed by atoms with Crippen LogP contribution in [-0.4, -0.2) is 49.3 Å². The second-order valence-corrected chi connectivity index (χ2v) is 11.8. The number of benzene rings is 4. The van der Waals surface area contributed by atoms with Crippen LogP contribution in [-0.2, 0) is 20.6 Å². The molecule has 9 nitrogen and oxygen atoms in total. The van der Waals surface area contributed by atoms with Crippen LogP contribution >= 0.6 is 11.8 Å². The van der Waals surface area contributed by atoms with Gasteiger partial charge < -0.3 is 24.3 Å². The molecule has 4 aromatic rings. The summed E-state index contributed by atoms with van der Waals surface area (Å²) < 4.78 is 50.4. The molecular formula is C31H32N2O7S2. The number of amides is 1. The molecule has 0 heterocycles. The number of thioether (sulfide) groups is 1. The van der Waals surface area contributed by atoms with E-state index in [0.29, 0.717) is 17.2 Å². The molecule has 220 valence electrons. The lowest BCUT2D eigenvalue weighted by Crippen LogP contribution is -2.38. The number of hydrogen-bond acceptors (Lipinski definition) is 8. The van der Waals surface area contributed by atoms with Gasteiger partial charge in [-0.3, -0.25) is 9.10 Å². The molecule has 0 spiro atoms. The van der Waals surface area contributed by atoms with Crippen molar-refractivity contribution in [3.8, 4) is 23.0 Å². The molecule has 0 aliphatic rings. The van der Waals surface area contributed by atoms with E-state index in [1.807, 2.05) is 30.3 Å². The molecular weight excluding hydrogens is 576 g/mol. The Kier molecular flexibility index (Phi) is 10.2. The Hall–Kier alpha value is -4.35. The Balaban J connectivity index is 1.60. The fraction of sp³-hybridized carbons (Fsp3) is 0.194. The van der Waals surface area contributed by atoms with E-state index in [1.54, 1.807) is 36.0 Å². The fourth-order valence-electron chi connectivity index (χ4n) is 4.09. The molecule has 1 amide bonds. The van der Waals surface area contributed by atoms with Gasteiger partial charge in [-0.05, 0) is 54.1 Å². The van der Waals surface area contributed by atoms with Gasteiger partial charge in [0.25, 0.3) is 10.0 Å². The van der Waals surface area contributed by atoms with E-state index in [4.69, 9.17) is 18.9 Å². The lowest BCUT2D eigenvalue weighted by molar-refractivity contribution is -0.114. The molecule has 11 heteroatoms. The third-order valence-corrected chi connectivity index (χ3v) is 9.11. The summed E-state index contributed by atoms with van der Waals surface area (Å²) in [7, 11) is 1.46. The summed E-state index contributed by atoms with van der Waals surface area (Å²) in [6, 6.07) is 26.5. The van der Waals surface area contributed by atoms with Crippen molar-refractivity contribution in [1.29, 1.82) is 0 Å². The number of methoxy groups -OCH3 is 4. The smallest absolute Gasteiger partial charge is 0.265 e. The maximum atomic E-state index is 14.0. The molecule has 42 heavy (non-hydrogen) atoms. The maximum absolute atomic E-state index is 14.0. The molecule has 0 saturated heterocycles. The van der Waals surface area contributed by atoms with E-state index >= 15 is 0 Å². The summed E-state index contributed by atoms with van der Waals surface area (Å²) in [5.41, 5.74) is 1.75. The summed E-state index contributed by atoms with van der Waals surface area (Å²) in [6.07, 6.45) is 0. The Morgan fingerprint density at radius 1 is 0.762 bits per heavy atom. The summed E-state index contributed by atoms with van der Waals surface area (Å²) in [5.74, 6) is 1.45. The fourth-order valence-corrected chi connectivity index (χ4v) is 6.41. The molecule has 0 saturated carbocycles. The van der Waals surface area contributed by atoms with E-state index < -0.39 is 22.5 Å². The Morgan fingerprint density at radius 3 is 2.07 bits per heavy atom. The van der Waals surface area contributed by atoms with Gasteiger partial charge in [0.05, 0.1) is 39.0 Å². The highest BCUT2D eigenvalue weighted by Gasteiger charge is 2.31. The first-order valence-electron chi connectivity index (χ1n) is 12.8. The van der Waals surface area contributed by atoms with Crippen molar-refractivity contribution >= 4 is 39.1 Å². The Morgan fingerprint density at radius 2 is 1.43 bits per heavy atom. The topological polar surface area (TPSA) is 103 Å². The summed E-state index contributed by atoms with van der Waals surface area (Å²) >= 11 is 1.71. The van der Waals surface area contributed by atoms with Gasteiger partial charge in [0.15, 0.2) is 11.5 Å². The average Bonchev–Trinajstić information content (AvgIpc) is 3.03. The van der Waals surface area contributed by atoms with Crippen molar-refractivity contribution in [2.75, 3.05) is 44.6 Å². The van der Waals surface area contributed by atoms with Crippen molar-refractivity contribution in [3.63, 3.8) is 0 Å². The standard InChI is InChI=1S/C31H32N2O7S2/c1-37-24-14-16-28(38-2)27(18-24)33(42(35,36)26-15-17-29(39-3)30(19-26)40-4)20-31(34)32-23-12-10-22(11-13-23)21-41-25-8-6-5-7-9-25/h5-19H,20-21H2,1-4H3,(H,32,34). The zero-order chi connectivity index (χ0) is 30.1. The zero-order valence-corrected chi connectivity index (χ0v) is 25.3. The summed E-state index contributed by atoms with van der Waals surface area (Å²) in [6.45, 7) is -0.536. The molecule has 0 aromatic heterocycles. The summed E-state index contributed by atoms with van der Waals surface area (Å²) in [5, 5.41) is 2.80. The van der Waals surface area contributed by atoms with Crippen LogP contribution in [0, 0.1) is 0 Å². The monoisotopic (exact) mass is 608 g/mol. The van der Waals surface area contributed by atoms with Gasteiger partial charge >= 0.3 is 0 Å². The number of nitrogens with one attached hydrogen (secondary N) is 1. The van der Waals surface area contributed by atoms with Crippen LogP contribution in [0.3, 0.4) is 0 Å². The van der Waals surface area contributed by atoms with E-state index in [9.17, 15) is 13.2 Å². The second-order valence-electron chi connectivity index (χ2n) is 8.91. The highest BCUT2D eigenvalue weighted by molar-refractivity contribution is 7.98. The third-order valence-electron chi connectivity index (χ3n) is 6.27. The number of ether oxygens (including phenoxy) is 4. The lowest BCUT2D eigenvalue weighted by atomic mass is 10.2. The summed E-state index contributed by atoms with van der Waals surface area (Å²) in [4.78, 5) is 14.4. The van der Waals surface area contributed by atoms with Crippen molar-refractivity contribution in [1.82, 2.24) is 0 Å². The zero-order valence-electron chi connectivity index (χ0n) is 23.7. The molecule has 0 radical (unpaired) electrons. The molecule has 0 bridgehead atoms. The van der Waals surface area contributed by atoms with Crippen LogP contribution in [0.15, 0.2) is 101 Å². The quantitative estimate of drug-likeness (QED) is 0.189. The number of anilines is 2. The molecule has 4 aromatic carbocycles. The number of sulfonamides is 1. The number of nitrogens with zero attached hydrogens (tertiary/aromatic N) is 1. The maximum Gasteiger partial charge on any atom is 0.265 e. The van der Waals surface area contributed by atoms with Crippen molar-refractivity contribution in [2.45, 2.75) is 15.5 Å². The lowest BCUT2D eigenvalue weighted by Gasteiger charge is -2.26.